The highest BCUT2D eigenvalue weighted by Crippen LogP contribution is 2.09. The average Bonchev–Trinajstić information content (AvgIpc) is 2.26. The normalized spacial score (nSPS) is 11.9. The number of hydrogen-bond donors (Lipinski definition) is 0. The Labute approximate surface area is 106 Å². The van der Waals surface area contributed by atoms with E-state index in [9.17, 15) is 8.42 Å². The van der Waals surface area contributed by atoms with Crippen LogP contribution in [0.2, 0.25) is 0 Å². The van der Waals surface area contributed by atoms with Crippen molar-refractivity contribution < 1.29 is 8.42 Å². The van der Waals surface area contributed by atoms with E-state index in [-0.39, 0.29) is 5.75 Å². The van der Waals surface area contributed by atoms with Gasteiger partial charge >= 0.3 is 0 Å². The second-order valence-corrected chi connectivity index (χ2v) is 6.47. The van der Waals surface area contributed by atoms with E-state index in [1.807, 2.05) is 30.3 Å². The van der Waals surface area contributed by atoms with Crippen molar-refractivity contribution in [3.63, 3.8) is 0 Å². The summed E-state index contributed by atoms with van der Waals surface area (Å²) in [5, 5.41) is 0.818. The number of nitrogens with zero attached hydrogens (tertiary/aromatic N) is 1. The third kappa shape index (κ3) is 4.23. The number of alkyl halides is 1. The number of sulfonamides is 1. The van der Waals surface area contributed by atoms with Crippen LogP contribution in [0.25, 0.3) is 0 Å². The van der Waals surface area contributed by atoms with Crippen molar-refractivity contribution in [3.05, 3.63) is 35.9 Å². The number of rotatable bonds is 6. The van der Waals surface area contributed by atoms with Gasteiger partial charge in [-0.1, -0.05) is 46.3 Å². The highest BCUT2D eigenvalue weighted by molar-refractivity contribution is 9.09. The second-order valence-electron chi connectivity index (χ2n) is 3.61. The first-order valence-electron chi connectivity index (χ1n) is 5.10. The predicted molar refractivity (Wildman–Crippen MR) is 70.1 cm³/mol. The van der Waals surface area contributed by atoms with Crippen LogP contribution in [-0.4, -0.2) is 31.6 Å². The Hall–Kier alpha value is -0.390. The van der Waals surface area contributed by atoms with Gasteiger partial charge in [0.15, 0.2) is 0 Å². The Morgan fingerprint density at radius 3 is 2.44 bits per heavy atom. The van der Waals surface area contributed by atoms with E-state index in [0.29, 0.717) is 6.54 Å². The van der Waals surface area contributed by atoms with Gasteiger partial charge in [0.1, 0.15) is 0 Å². The van der Waals surface area contributed by atoms with Crippen LogP contribution in [0.4, 0.5) is 0 Å². The lowest BCUT2D eigenvalue weighted by atomic mass is 10.2. The van der Waals surface area contributed by atoms with Crippen LogP contribution in [0.5, 0.6) is 0 Å². The van der Waals surface area contributed by atoms with Crippen LogP contribution in [0.1, 0.15) is 12.0 Å². The topological polar surface area (TPSA) is 37.4 Å². The standard InChI is InChI=1S/C11H16BrNO2S/c1-13(9-5-8-12)16(14,15)10-11-6-3-2-4-7-11/h2-4,6-7H,5,8-10H2,1H3. The maximum absolute atomic E-state index is 11.9. The smallest absolute Gasteiger partial charge is 0.212 e. The molecule has 0 heterocycles. The van der Waals surface area contributed by atoms with E-state index in [1.54, 1.807) is 7.05 Å². The van der Waals surface area contributed by atoms with E-state index in [4.69, 9.17) is 0 Å². The minimum atomic E-state index is -3.17. The van der Waals surface area contributed by atoms with Crippen molar-refractivity contribution in [1.82, 2.24) is 4.31 Å². The second kappa shape index (κ2) is 6.37. The van der Waals surface area contributed by atoms with Gasteiger partial charge in [0.05, 0.1) is 5.75 Å². The monoisotopic (exact) mass is 305 g/mol. The van der Waals surface area contributed by atoms with Crippen LogP contribution in [0, 0.1) is 0 Å². The molecule has 0 amide bonds. The van der Waals surface area contributed by atoms with Crippen molar-refractivity contribution in [2.75, 3.05) is 18.9 Å². The number of halogens is 1. The van der Waals surface area contributed by atoms with Crippen LogP contribution >= 0.6 is 15.9 Å². The molecule has 3 nitrogen and oxygen atoms in total. The maximum atomic E-state index is 11.9. The molecule has 0 atom stereocenters. The largest absolute Gasteiger partial charge is 0.218 e. The summed E-state index contributed by atoms with van der Waals surface area (Å²) in [5.74, 6) is 0.0760. The van der Waals surface area contributed by atoms with E-state index in [1.165, 1.54) is 4.31 Å². The molecule has 0 aromatic heterocycles. The van der Waals surface area contributed by atoms with Crippen molar-refractivity contribution in [1.29, 1.82) is 0 Å². The molecule has 5 heteroatoms. The molecule has 0 spiro atoms. The van der Waals surface area contributed by atoms with Crippen molar-refractivity contribution in [2.45, 2.75) is 12.2 Å². The van der Waals surface area contributed by atoms with Gasteiger partial charge in [-0.2, -0.15) is 0 Å². The summed E-state index contributed by atoms with van der Waals surface area (Å²) in [6, 6.07) is 9.24. The minimum absolute atomic E-state index is 0.0760. The lowest BCUT2D eigenvalue weighted by Crippen LogP contribution is -2.29. The van der Waals surface area contributed by atoms with Gasteiger partial charge in [-0.3, -0.25) is 0 Å². The summed E-state index contributed by atoms with van der Waals surface area (Å²) in [4.78, 5) is 0. The summed E-state index contributed by atoms with van der Waals surface area (Å²) < 4.78 is 25.3. The highest BCUT2D eigenvalue weighted by atomic mass is 79.9. The molecule has 16 heavy (non-hydrogen) atoms. The van der Waals surface area contributed by atoms with Crippen molar-refractivity contribution in [2.24, 2.45) is 0 Å². The molecule has 0 saturated carbocycles. The van der Waals surface area contributed by atoms with Gasteiger partial charge in [0.25, 0.3) is 0 Å². The van der Waals surface area contributed by atoms with Crippen LogP contribution < -0.4 is 0 Å². The van der Waals surface area contributed by atoms with E-state index < -0.39 is 10.0 Å². The van der Waals surface area contributed by atoms with Crippen LogP contribution in [-0.2, 0) is 15.8 Å². The first-order chi connectivity index (χ1) is 7.56. The molecule has 0 unspecified atom stereocenters. The molecule has 0 N–H and O–H groups in total. The summed E-state index contributed by atoms with van der Waals surface area (Å²) in [6.07, 6.45) is 0.824. The van der Waals surface area contributed by atoms with Crippen molar-refractivity contribution in [3.8, 4) is 0 Å². The molecule has 1 aromatic rings. The molecule has 1 rings (SSSR count). The summed E-state index contributed by atoms with van der Waals surface area (Å²) in [6.45, 7) is 0.556. The number of hydrogen-bond acceptors (Lipinski definition) is 2. The van der Waals surface area contributed by atoms with E-state index in [0.717, 1.165) is 17.3 Å². The van der Waals surface area contributed by atoms with Crippen molar-refractivity contribution >= 4 is 26.0 Å². The van der Waals surface area contributed by atoms with Gasteiger partial charge in [-0.05, 0) is 12.0 Å². The number of benzene rings is 1. The molecule has 0 bridgehead atoms. The molecule has 1 aromatic carbocycles. The maximum Gasteiger partial charge on any atom is 0.218 e. The fourth-order valence-electron chi connectivity index (χ4n) is 1.32. The molecule has 0 saturated heterocycles. The molecule has 0 aliphatic rings. The third-order valence-electron chi connectivity index (χ3n) is 2.27. The Kier molecular flexibility index (Phi) is 5.44. The zero-order chi connectivity index (χ0) is 12.0. The zero-order valence-corrected chi connectivity index (χ0v) is 11.7. The molecule has 0 aliphatic carbocycles. The van der Waals surface area contributed by atoms with Gasteiger partial charge in [0.2, 0.25) is 10.0 Å². The van der Waals surface area contributed by atoms with Gasteiger partial charge < -0.3 is 0 Å². The first-order valence-corrected chi connectivity index (χ1v) is 7.83. The Bertz CT molecular complexity index is 405. The minimum Gasteiger partial charge on any atom is -0.212 e. The SMILES string of the molecule is CN(CCCBr)S(=O)(=O)Cc1ccccc1. The average molecular weight is 306 g/mol. The fourth-order valence-corrected chi connectivity index (χ4v) is 2.81. The highest BCUT2D eigenvalue weighted by Gasteiger charge is 2.17. The Morgan fingerprint density at radius 2 is 1.88 bits per heavy atom. The summed E-state index contributed by atoms with van der Waals surface area (Å²) in [7, 11) is -1.55. The predicted octanol–water partition coefficient (Wildman–Crippen LogP) is 2.23. The molecule has 0 fully saturated rings. The fraction of sp³-hybridized carbons (Fsp3) is 0.455. The Morgan fingerprint density at radius 1 is 1.25 bits per heavy atom. The molecular formula is C11H16BrNO2S. The van der Waals surface area contributed by atoms with Gasteiger partial charge in [-0.15, -0.1) is 0 Å². The van der Waals surface area contributed by atoms with Crippen LogP contribution in [0.15, 0.2) is 30.3 Å². The summed E-state index contributed by atoms with van der Waals surface area (Å²) in [5.41, 5.74) is 0.827. The molecule has 0 aliphatic heterocycles. The van der Waals surface area contributed by atoms with Gasteiger partial charge in [0, 0.05) is 18.9 Å². The van der Waals surface area contributed by atoms with E-state index >= 15 is 0 Å². The first kappa shape index (κ1) is 13.7. The lowest BCUT2D eigenvalue weighted by molar-refractivity contribution is 0.469. The third-order valence-corrected chi connectivity index (χ3v) is 4.66. The summed E-state index contributed by atoms with van der Waals surface area (Å²) >= 11 is 3.29. The molecular weight excluding hydrogens is 290 g/mol. The quantitative estimate of drug-likeness (QED) is 0.756. The lowest BCUT2D eigenvalue weighted by Gasteiger charge is -2.16. The van der Waals surface area contributed by atoms with Gasteiger partial charge in [-0.25, -0.2) is 12.7 Å². The Balaban J connectivity index is 2.65. The molecule has 90 valence electrons. The molecule has 0 radical (unpaired) electrons. The van der Waals surface area contributed by atoms with Crippen LogP contribution in [0.3, 0.4) is 0 Å². The van der Waals surface area contributed by atoms with E-state index in [2.05, 4.69) is 15.9 Å². The zero-order valence-electron chi connectivity index (χ0n) is 9.27.